The first-order valence-electron chi connectivity index (χ1n) is 6.45. The Morgan fingerprint density at radius 2 is 2.50 bits per heavy atom. The van der Waals surface area contributed by atoms with Gasteiger partial charge >= 0.3 is 0 Å². The van der Waals surface area contributed by atoms with Gasteiger partial charge in [-0.15, -0.1) is 0 Å². The van der Waals surface area contributed by atoms with Crippen LogP contribution in [0.1, 0.15) is 24.2 Å². The highest BCUT2D eigenvalue weighted by Gasteiger charge is 2.34. The first kappa shape index (κ1) is 11.7. The minimum absolute atomic E-state index is 0.000110. The smallest absolute Gasteiger partial charge is 0.240 e. The number of aromatic nitrogens is 2. The summed E-state index contributed by atoms with van der Waals surface area (Å²) in [5.74, 6) is 0.0974. The van der Waals surface area contributed by atoms with Gasteiger partial charge in [0.25, 0.3) is 0 Å². The lowest BCUT2D eigenvalue weighted by Crippen LogP contribution is -2.51. The number of nitrogens with zero attached hydrogens (tertiary/aromatic N) is 2. The predicted octanol–water partition coefficient (Wildman–Crippen LogP) is -0.593. The molecule has 1 fully saturated rings. The Balaban J connectivity index is 1.71. The van der Waals surface area contributed by atoms with Gasteiger partial charge in [0.05, 0.1) is 36.4 Å². The molecule has 0 aliphatic carbocycles. The monoisotopic (exact) mass is 250 g/mol. The van der Waals surface area contributed by atoms with Crippen molar-refractivity contribution >= 4 is 5.91 Å². The molecule has 3 rings (SSSR count). The van der Waals surface area contributed by atoms with Crippen LogP contribution in [-0.2, 0) is 17.8 Å². The first-order chi connectivity index (χ1) is 8.79. The van der Waals surface area contributed by atoms with Gasteiger partial charge in [0.1, 0.15) is 0 Å². The van der Waals surface area contributed by atoms with E-state index < -0.39 is 0 Å². The van der Waals surface area contributed by atoms with E-state index in [1.807, 2.05) is 4.90 Å². The third kappa shape index (κ3) is 1.91. The Morgan fingerprint density at radius 1 is 1.61 bits per heavy atom. The molecule has 3 heterocycles. The van der Waals surface area contributed by atoms with Crippen molar-refractivity contribution in [3.05, 3.63) is 17.7 Å². The summed E-state index contributed by atoms with van der Waals surface area (Å²) >= 11 is 0. The van der Waals surface area contributed by atoms with Gasteiger partial charge in [-0.1, -0.05) is 0 Å². The number of aliphatic hydroxyl groups is 1. The summed E-state index contributed by atoms with van der Waals surface area (Å²) in [6.07, 6.45) is 4.19. The number of nitrogens with one attached hydrogen (secondary N) is 2. The molecule has 1 aromatic rings. The van der Waals surface area contributed by atoms with Gasteiger partial charge < -0.3 is 15.0 Å². The van der Waals surface area contributed by atoms with E-state index in [1.54, 1.807) is 6.33 Å². The van der Waals surface area contributed by atoms with Crippen molar-refractivity contribution in [3.63, 3.8) is 0 Å². The van der Waals surface area contributed by atoms with E-state index in [1.165, 1.54) is 0 Å². The van der Waals surface area contributed by atoms with Gasteiger partial charge in [0.15, 0.2) is 0 Å². The number of carbonyl (C=O) groups is 1. The normalized spacial score (nSPS) is 27.3. The van der Waals surface area contributed by atoms with Crippen molar-refractivity contribution < 1.29 is 9.90 Å². The average molecular weight is 250 g/mol. The molecule has 0 aromatic carbocycles. The molecule has 0 saturated carbocycles. The maximum Gasteiger partial charge on any atom is 0.240 e. The molecule has 18 heavy (non-hydrogen) atoms. The summed E-state index contributed by atoms with van der Waals surface area (Å²) in [4.78, 5) is 21.5. The van der Waals surface area contributed by atoms with Crippen molar-refractivity contribution in [2.75, 3.05) is 13.2 Å². The molecule has 1 aromatic heterocycles. The molecule has 2 aliphatic rings. The van der Waals surface area contributed by atoms with Crippen molar-refractivity contribution in [3.8, 4) is 0 Å². The van der Waals surface area contributed by atoms with Crippen LogP contribution >= 0.6 is 0 Å². The molecule has 0 spiro atoms. The highest BCUT2D eigenvalue weighted by atomic mass is 16.3. The summed E-state index contributed by atoms with van der Waals surface area (Å²) in [6, 6.07) is -0.201. The number of H-pyrrole nitrogens is 1. The first-order valence-corrected chi connectivity index (χ1v) is 6.45. The van der Waals surface area contributed by atoms with Gasteiger partial charge in [-0.25, -0.2) is 4.98 Å². The maximum absolute atomic E-state index is 12.4. The zero-order valence-corrected chi connectivity index (χ0v) is 10.2. The molecule has 3 N–H and O–H groups in total. The van der Waals surface area contributed by atoms with E-state index in [0.29, 0.717) is 13.0 Å². The Bertz CT molecular complexity index is 445. The number of amides is 1. The number of aliphatic hydroxyl groups excluding tert-OH is 1. The number of hydrogen-bond acceptors (Lipinski definition) is 4. The van der Waals surface area contributed by atoms with E-state index >= 15 is 0 Å². The number of aromatic amines is 1. The van der Waals surface area contributed by atoms with Gasteiger partial charge in [0, 0.05) is 19.5 Å². The number of carbonyl (C=O) groups excluding carboxylic acids is 1. The molecule has 0 radical (unpaired) electrons. The van der Waals surface area contributed by atoms with E-state index in [-0.39, 0.29) is 24.6 Å². The highest BCUT2D eigenvalue weighted by Crippen LogP contribution is 2.20. The number of likely N-dealkylation sites (tertiary alicyclic amines) is 1. The summed E-state index contributed by atoms with van der Waals surface area (Å²) in [5.41, 5.74) is 2.05. The molecule has 0 bridgehead atoms. The van der Waals surface area contributed by atoms with Crippen LogP contribution in [0.4, 0.5) is 0 Å². The van der Waals surface area contributed by atoms with Crippen LogP contribution in [0.15, 0.2) is 6.33 Å². The van der Waals surface area contributed by atoms with Crippen LogP contribution in [0, 0.1) is 0 Å². The number of fused-ring (bicyclic) bond motifs is 1. The maximum atomic E-state index is 12.4. The number of imidazole rings is 1. The topological polar surface area (TPSA) is 81.2 Å². The zero-order chi connectivity index (χ0) is 12.5. The summed E-state index contributed by atoms with van der Waals surface area (Å²) in [5, 5.41) is 12.5. The second-order valence-corrected chi connectivity index (χ2v) is 4.98. The van der Waals surface area contributed by atoms with E-state index in [2.05, 4.69) is 15.3 Å². The highest BCUT2D eigenvalue weighted by molar-refractivity contribution is 5.83. The molecule has 1 unspecified atom stereocenters. The minimum Gasteiger partial charge on any atom is -0.394 e. The van der Waals surface area contributed by atoms with E-state index in [4.69, 9.17) is 0 Å². The number of hydrogen-bond donors (Lipinski definition) is 3. The van der Waals surface area contributed by atoms with Crippen LogP contribution in [-0.4, -0.2) is 51.1 Å². The van der Waals surface area contributed by atoms with Gasteiger partial charge in [-0.05, 0) is 12.8 Å². The van der Waals surface area contributed by atoms with Crippen LogP contribution in [0.3, 0.4) is 0 Å². The Hall–Kier alpha value is -1.40. The molecule has 1 amide bonds. The van der Waals surface area contributed by atoms with Gasteiger partial charge in [0.2, 0.25) is 5.91 Å². The second-order valence-electron chi connectivity index (χ2n) is 4.98. The predicted molar refractivity (Wildman–Crippen MR) is 64.7 cm³/mol. The van der Waals surface area contributed by atoms with Crippen LogP contribution in [0.2, 0.25) is 0 Å². The molecule has 6 nitrogen and oxygen atoms in total. The van der Waals surface area contributed by atoms with Crippen molar-refractivity contribution in [1.82, 2.24) is 20.2 Å². The van der Waals surface area contributed by atoms with Crippen molar-refractivity contribution in [2.45, 2.75) is 37.9 Å². The van der Waals surface area contributed by atoms with Gasteiger partial charge in [-0.3, -0.25) is 10.1 Å². The van der Waals surface area contributed by atoms with Crippen molar-refractivity contribution in [1.29, 1.82) is 0 Å². The fourth-order valence-electron chi connectivity index (χ4n) is 2.86. The average Bonchev–Trinajstić information content (AvgIpc) is 3.05. The third-order valence-electron chi connectivity index (χ3n) is 3.90. The molecular formula is C12H18N4O2. The summed E-state index contributed by atoms with van der Waals surface area (Å²) < 4.78 is 0. The lowest BCUT2D eigenvalue weighted by molar-refractivity contribution is -0.135. The third-order valence-corrected chi connectivity index (χ3v) is 3.90. The lowest BCUT2D eigenvalue weighted by atomic mass is 10.0. The Morgan fingerprint density at radius 3 is 3.33 bits per heavy atom. The van der Waals surface area contributed by atoms with E-state index in [0.717, 1.165) is 30.8 Å². The molecule has 2 atom stereocenters. The minimum atomic E-state index is -0.201. The second kappa shape index (κ2) is 4.70. The molecule has 6 heteroatoms. The molecular weight excluding hydrogens is 232 g/mol. The van der Waals surface area contributed by atoms with Crippen molar-refractivity contribution in [2.24, 2.45) is 0 Å². The zero-order valence-electron chi connectivity index (χ0n) is 10.2. The van der Waals surface area contributed by atoms with E-state index in [9.17, 15) is 9.90 Å². The molecule has 2 aliphatic heterocycles. The van der Waals surface area contributed by atoms with Crippen LogP contribution in [0.25, 0.3) is 0 Å². The number of rotatable bonds is 2. The van der Waals surface area contributed by atoms with Gasteiger partial charge in [-0.2, -0.15) is 0 Å². The fourth-order valence-corrected chi connectivity index (χ4v) is 2.86. The summed E-state index contributed by atoms with van der Waals surface area (Å²) in [6.45, 7) is 1.48. The quantitative estimate of drug-likeness (QED) is 0.655. The van der Waals surface area contributed by atoms with Crippen LogP contribution < -0.4 is 5.32 Å². The molecule has 98 valence electrons. The standard InChI is InChI=1S/C12H18N4O2/c17-6-8-2-1-3-16(8)12(18)10-4-9-11(5-13-10)15-7-14-9/h7-8,10,13,17H,1-6H2,(H,14,15)/t8-,10?/m0/s1. The fraction of sp³-hybridized carbons (Fsp3) is 0.667. The Labute approximate surface area is 105 Å². The van der Waals surface area contributed by atoms with Crippen LogP contribution in [0.5, 0.6) is 0 Å². The SMILES string of the molecule is O=C(C1Cc2nc[nH]c2CN1)N1CCC[C@H]1CO. The largest absolute Gasteiger partial charge is 0.394 e. The Kier molecular flexibility index (Phi) is 3.05. The molecule has 1 saturated heterocycles. The summed E-state index contributed by atoms with van der Waals surface area (Å²) in [7, 11) is 0. The lowest BCUT2D eigenvalue weighted by Gasteiger charge is -2.30.